The van der Waals surface area contributed by atoms with E-state index in [-0.39, 0.29) is 5.91 Å². The van der Waals surface area contributed by atoms with Gasteiger partial charge >= 0.3 is 6.03 Å². The highest BCUT2D eigenvalue weighted by atomic mass is 16.5. The normalized spacial score (nSPS) is 20.2. The second kappa shape index (κ2) is 12.7. The molecule has 6 rings (SSSR count). The predicted molar refractivity (Wildman–Crippen MR) is 148 cm³/mol. The van der Waals surface area contributed by atoms with E-state index in [1.54, 1.807) is 49.6 Å². The number of ether oxygens (including phenoxy) is 1. The summed E-state index contributed by atoms with van der Waals surface area (Å²) in [5, 5.41) is 4.65. The van der Waals surface area contributed by atoms with Crippen molar-refractivity contribution in [2.45, 2.75) is 26.1 Å². The number of methoxy groups -OCH3 is 1. The van der Waals surface area contributed by atoms with Crippen molar-refractivity contribution in [1.82, 2.24) is 25.3 Å². The number of nitrogens with zero attached hydrogens (tertiary/aromatic N) is 4. The Balaban J connectivity index is 0.000000143. The molecule has 2 saturated heterocycles. The molecular weight excluding hydrogens is 500 g/mol. The van der Waals surface area contributed by atoms with Gasteiger partial charge in [-0.15, -0.1) is 0 Å². The van der Waals surface area contributed by atoms with E-state index in [4.69, 9.17) is 9.15 Å². The fraction of sp³-hybridized carbons (Fsp3) is 0.429. The minimum atomic E-state index is -0.744. The SMILES string of the molecule is CCN1CCN(C)CC1.COc1ccc2c(c1)C(=O)N(C)C2.O=C1NC(=O)C(c2cc3c(o2)C=CC=NC3)N1. The highest BCUT2D eigenvalue weighted by molar-refractivity contribution is 6.04. The van der Waals surface area contributed by atoms with Crippen LogP contribution in [-0.4, -0.2) is 92.7 Å². The lowest BCUT2D eigenvalue weighted by Crippen LogP contribution is -2.44. The summed E-state index contributed by atoms with van der Waals surface area (Å²) in [6, 6.07) is 6.12. The van der Waals surface area contributed by atoms with Crippen LogP contribution in [-0.2, 0) is 17.9 Å². The van der Waals surface area contributed by atoms with Crippen LogP contribution in [0.5, 0.6) is 5.75 Å². The zero-order valence-corrected chi connectivity index (χ0v) is 22.9. The smallest absolute Gasteiger partial charge is 0.322 e. The highest BCUT2D eigenvalue weighted by Crippen LogP contribution is 2.26. The first-order valence-corrected chi connectivity index (χ1v) is 13.0. The fourth-order valence-corrected chi connectivity index (χ4v) is 4.55. The summed E-state index contributed by atoms with van der Waals surface area (Å²) < 4.78 is 10.6. The van der Waals surface area contributed by atoms with Crippen molar-refractivity contribution < 1.29 is 23.5 Å². The minimum absolute atomic E-state index is 0.0777. The van der Waals surface area contributed by atoms with Gasteiger partial charge in [-0.05, 0) is 49.5 Å². The largest absolute Gasteiger partial charge is 0.497 e. The molecule has 0 spiro atoms. The average Bonchev–Trinajstić information content (AvgIpc) is 3.53. The van der Waals surface area contributed by atoms with Gasteiger partial charge in [-0.1, -0.05) is 13.0 Å². The zero-order chi connectivity index (χ0) is 27.9. The van der Waals surface area contributed by atoms with Crippen molar-refractivity contribution in [3.05, 3.63) is 58.6 Å². The molecule has 0 radical (unpaired) electrons. The van der Waals surface area contributed by atoms with Crippen LogP contribution in [0, 0.1) is 0 Å². The van der Waals surface area contributed by atoms with Crippen LogP contribution in [0.15, 0.2) is 39.8 Å². The summed E-state index contributed by atoms with van der Waals surface area (Å²) in [6.07, 6.45) is 5.25. The first-order chi connectivity index (χ1) is 18.8. The van der Waals surface area contributed by atoms with Gasteiger partial charge in [0.25, 0.3) is 11.8 Å². The molecule has 0 saturated carbocycles. The Hall–Kier alpha value is -3.96. The maximum absolute atomic E-state index is 11.5. The Bertz CT molecular complexity index is 1260. The van der Waals surface area contributed by atoms with Crippen LogP contribution in [0.3, 0.4) is 0 Å². The van der Waals surface area contributed by atoms with E-state index in [1.165, 1.54) is 32.7 Å². The molecule has 1 aromatic carbocycles. The van der Waals surface area contributed by atoms with E-state index in [2.05, 4.69) is 39.4 Å². The van der Waals surface area contributed by atoms with Gasteiger partial charge in [0.2, 0.25) is 0 Å². The number of rotatable bonds is 3. The number of hydrogen-bond donors (Lipinski definition) is 2. The van der Waals surface area contributed by atoms with E-state index in [0.717, 1.165) is 22.4 Å². The third-order valence-electron chi connectivity index (χ3n) is 6.97. The van der Waals surface area contributed by atoms with Crippen LogP contribution in [0.2, 0.25) is 0 Å². The summed E-state index contributed by atoms with van der Waals surface area (Å²) >= 11 is 0. The van der Waals surface area contributed by atoms with Gasteiger partial charge in [-0.3, -0.25) is 19.9 Å². The average molecular weight is 537 g/mol. The monoisotopic (exact) mass is 536 g/mol. The van der Waals surface area contributed by atoms with Crippen molar-refractivity contribution in [3.63, 3.8) is 0 Å². The predicted octanol–water partition coefficient (Wildman–Crippen LogP) is 2.29. The van der Waals surface area contributed by atoms with Crippen molar-refractivity contribution in [1.29, 1.82) is 0 Å². The third kappa shape index (κ3) is 6.92. The maximum atomic E-state index is 11.5. The Kier molecular flexibility index (Phi) is 9.15. The molecule has 1 unspecified atom stereocenters. The molecule has 208 valence electrons. The molecule has 1 aromatic heterocycles. The molecule has 11 nitrogen and oxygen atoms in total. The van der Waals surface area contributed by atoms with Crippen LogP contribution >= 0.6 is 0 Å². The van der Waals surface area contributed by atoms with Crippen LogP contribution in [0.4, 0.5) is 4.79 Å². The van der Waals surface area contributed by atoms with E-state index >= 15 is 0 Å². The zero-order valence-electron chi connectivity index (χ0n) is 22.9. The number of urea groups is 1. The number of benzene rings is 1. The third-order valence-corrected chi connectivity index (χ3v) is 6.97. The minimum Gasteiger partial charge on any atom is -0.497 e. The molecule has 5 heterocycles. The number of nitrogens with one attached hydrogen (secondary N) is 2. The molecule has 39 heavy (non-hydrogen) atoms. The lowest BCUT2D eigenvalue weighted by Gasteiger charge is -2.31. The second-order valence-corrected chi connectivity index (χ2v) is 9.70. The van der Waals surface area contributed by atoms with Crippen LogP contribution in [0.1, 0.15) is 46.0 Å². The maximum Gasteiger partial charge on any atom is 0.322 e. The molecule has 11 heteroatoms. The van der Waals surface area contributed by atoms with E-state index in [0.29, 0.717) is 24.6 Å². The number of carbonyl (C=O) groups is 3. The van der Waals surface area contributed by atoms with E-state index in [9.17, 15) is 14.4 Å². The van der Waals surface area contributed by atoms with Gasteiger partial charge in [0.1, 0.15) is 17.3 Å². The van der Waals surface area contributed by atoms with E-state index < -0.39 is 18.0 Å². The first-order valence-electron chi connectivity index (χ1n) is 13.0. The number of amides is 4. The Morgan fingerprint density at radius 1 is 1.08 bits per heavy atom. The van der Waals surface area contributed by atoms with Crippen molar-refractivity contribution in [2.75, 3.05) is 53.9 Å². The number of imide groups is 1. The lowest BCUT2D eigenvalue weighted by molar-refractivity contribution is -0.120. The topological polar surface area (TPSA) is 120 Å². The molecule has 4 aliphatic heterocycles. The summed E-state index contributed by atoms with van der Waals surface area (Å²) in [6.45, 7) is 9.66. The highest BCUT2D eigenvalue weighted by Gasteiger charge is 2.34. The summed E-state index contributed by atoms with van der Waals surface area (Å²) in [4.78, 5) is 44.7. The van der Waals surface area contributed by atoms with Crippen molar-refractivity contribution >= 4 is 30.1 Å². The summed E-state index contributed by atoms with van der Waals surface area (Å²) in [5.41, 5.74) is 2.74. The standard InChI is InChI=1S/C11H9N3O3.C10H11NO2.C7H16N2/c15-10-9(13-11(16)14-10)8-4-6-5-12-3-1-2-7(6)17-8;1-11-6-7-3-4-8(13-2)5-9(7)10(11)12;1-3-9-6-4-8(2)5-7-9/h1-4,9H,5H2,(H2,13,14,15,16);3-5H,6H2,1-2H3;3-7H2,1-2H3. The molecule has 1 atom stereocenters. The molecule has 4 aliphatic rings. The summed E-state index contributed by atoms with van der Waals surface area (Å²) in [5.74, 6) is 1.52. The van der Waals surface area contributed by atoms with Gasteiger partial charge in [-0.2, -0.15) is 0 Å². The van der Waals surface area contributed by atoms with Gasteiger partial charge < -0.3 is 29.2 Å². The molecule has 0 aliphatic carbocycles. The number of fused-ring (bicyclic) bond motifs is 2. The summed E-state index contributed by atoms with van der Waals surface area (Å²) in [7, 11) is 5.59. The van der Waals surface area contributed by atoms with Crippen molar-refractivity contribution in [2.24, 2.45) is 4.99 Å². The molecule has 4 amide bonds. The number of hydrogen-bond acceptors (Lipinski definition) is 8. The molecule has 2 N–H and O–H groups in total. The number of aliphatic imine (C=N–C) groups is 1. The quantitative estimate of drug-likeness (QED) is 0.578. The van der Waals surface area contributed by atoms with Crippen LogP contribution < -0.4 is 15.4 Å². The fourth-order valence-electron chi connectivity index (χ4n) is 4.55. The molecule has 2 fully saturated rings. The molecular formula is C28H36N6O5. The van der Waals surface area contributed by atoms with Gasteiger partial charge in [0, 0.05) is 57.1 Å². The Morgan fingerprint density at radius 2 is 1.85 bits per heavy atom. The Morgan fingerprint density at radius 3 is 2.51 bits per heavy atom. The van der Waals surface area contributed by atoms with Gasteiger partial charge in [-0.25, -0.2) is 4.79 Å². The molecule has 0 bridgehead atoms. The van der Waals surface area contributed by atoms with Gasteiger partial charge in [0.05, 0.1) is 13.7 Å². The first kappa shape index (κ1) is 28.1. The second-order valence-electron chi connectivity index (χ2n) is 9.70. The number of carbonyl (C=O) groups excluding carboxylic acids is 3. The van der Waals surface area contributed by atoms with E-state index in [1.807, 2.05) is 12.1 Å². The molecule has 2 aromatic rings. The number of likely N-dealkylation sites (N-methyl/N-ethyl adjacent to an activating group) is 2. The number of furan rings is 1. The lowest BCUT2D eigenvalue weighted by atomic mass is 10.1. The Labute approximate surface area is 228 Å². The van der Waals surface area contributed by atoms with Gasteiger partial charge in [0.15, 0.2) is 6.04 Å². The van der Waals surface area contributed by atoms with Crippen molar-refractivity contribution in [3.8, 4) is 5.75 Å². The van der Waals surface area contributed by atoms with Crippen LogP contribution in [0.25, 0.3) is 6.08 Å². The number of piperazine rings is 1. The number of allylic oxidation sites excluding steroid dienone is 1.